The maximum atomic E-state index is 13.1. The Hall–Kier alpha value is -1.92. The highest BCUT2D eigenvalue weighted by Gasteiger charge is 2.35. The van der Waals surface area contributed by atoms with Crippen molar-refractivity contribution in [3.05, 3.63) is 28.3 Å². The molecule has 5 nitrogen and oxygen atoms in total. The van der Waals surface area contributed by atoms with E-state index in [0.29, 0.717) is 5.69 Å². The van der Waals surface area contributed by atoms with Crippen molar-refractivity contribution >= 4 is 11.4 Å². The van der Waals surface area contributed by atoms with Gasteiger partial charge in [-0.05, 0) is 6.07 Å². The van der Waals surface area contributed by atoms with Crippen LogP contribution in [0, 0.1) is 10.1 Å². The molecule has 1 heterocycles. The van der Waals surface area contributed by atoms with Crippen LogP contribution in [0.5, 0.6) is 5.75 Å². The van der Waals surface area contributed by atoms with Crippen molar-refractivity contribution < 1.29 is 18.4 Å². The minimum Gasteiger partial charge on any atom is -0.489 e. The molecule has 1 saturated heterocycles. The molecular weight excluding hydrogens is 258 g/mol. The van der Waals surface area contributed by atoms with Crippen molar-refractivity contribution in [2.24, 2.45) is 0 Å². The summed E-state index contributed by atoms with van der Waals surface area (Å²) in [5, 5.41) is 10.9. The Morgan fingerprint density at radius 2 is 2.00 bits per heavy atom. The summed E-state index contributed by atoms with van der Waals surface area (Å²) in [5.41, 5.74) is 0.338. The lowest BCUT2D eigenvalue weighted by molar-refractivity contribution is -0.385. The van der Waals surface area contributed by atoms with E-state index in [4.69, 9.17) is 4.74 Å². The largest absolute Gasteiger partial charge is 0.489 e. The fraction of sp³-hybridized carbons (Fsp3) is 0.500. The van der Waals surface area contributed by atoms with Crippen LogP contribution in [-0.4, -0.2) is 31.0 Å². The first-order chi connectivity index (χ1) is 8.94. The van der Waals surface area contributed by atoms with Crippen molar-refractivity contribution in [3.63, 3.8) is 0 Å². The summed E-state index contributed by atoms with van der Waals surface area (Å²) in [6, 6.07) is 4.51. The molecule has 0 atom stereocenters. The van der Waals surface area contributed by atoms with E-state index in [1.165, 1.54) is 19.2 Å². The number of benzene rings is 1. The van der Waals surface area contributed by atoms with E-state index in [0.717, 1.165) is 0 Å². The average molecular weight is 272 g/mol. The Balaban J connectivity index is 2.30. The molecule has 2 rings (SSSR count). The fourth-order valence-electron chi connectivity index (χ4n) is 2.19. The van der Waals surface area contributed by atoms with Gasteiger partial charge in [-0.25, -0.2) is 8.78 Å². The minimum atomic E-state index is -2.65. The number of para-hydroxylation sites is 1. The van der Waals surface area contributed by atoms with Crippen LogP contribution in [0.25, 0.3) is 0 Å². The minimum absolute atomic E-state index is 0.123. The summed E-state index contributed by atoms with van der Waals surface area (Å²) in [5.74, 6) is -2.53. The number of hydrogen-bond acceptors (Lipinski definition) is 4. The average Bonchev–Trinajstić information content (AvgIpc) is 2.37. The third-order valence-electron chi connectivity index (χ3n) is 3.21. The lowest BCUT2D eigenvalue weighted by Gasteiger charge is -2.33. The Kier molecular flexibility index (Phi) is 3.55. The van der Waals surface area contributed by atoms with Gasteiger partial charge in [0.15, 0.2) is 0 Å². The van der Waals surface area contributed by atoms with Crippen LogP contribution in [-0.2, 0) is 0 Å². The third-order valence-corrected chi connectivity index (χ3v) is 3.21. The molecule has 1 aromatic carbocycles. The van der Waals surface area contributed by atoms with Gasteiger partial charge >= 0.3 is 5.69 Å². The molecule has 0 aromatic heterocycles. The Bertz CT molecular complexity index is 484. The van der Waals surface area contributed by atoms with Crippen molar-refractivity contribution in [2.45, 2.75) is 18.8 Å². The number of methoxy groups -OCH3 is 1. The lowest BCUT2D eigenvalue weighted by atomic mass is 10.1. The van der Waals surface area contributed by atoms with Gasteiger partial charge < -0.3 is 9.64 Å². The molecule has 104 valence electrons. The normalized spacial score (nSPS) is 18.2. The summed E-state index contributed by atoms with van der Waals surface area (Å²) < 4.78 is 31.3. The molecule has 7 heteroatoms. The number of ether oxygens (including phenoxy) is 1. The van der Waals surface area contributed by atoms with Gasteiger partial charge in [0.25, 0.3) is 5.92 Å². The third kappa shape index (κ3) is 2.74. The van der Waals surface area contributed by atoms with Gasteiger partial charge in [0, 0.05) is 32.0 Å². The van der Waals surface area contributed by atoms with E-state index in [1.807, 2.05) is 0 Å². The van der Waals surface area contributed by atoms with E-state index in [-0.39, 0.29) is 37.4 Å². The quantitative estimate of drug-likeness (QED) is 0.627. The summed E-state index contributed by atoms with van der Waals surface area (Å²) >= 11 is 0. The number of piperidine rings is 1. The van der Waals surface area contributed by atoms with Gasteiger partial charge in [-0.3, -0.25) is 10.1 Å². The van der Waals surface area contributed by atoms with Crippen molar-refractivity contribution in [2.75, 3.05) is 25.1 Å². The lowest BCUT2D eigenvalue weighted by Crippen LogP contribution is -2.39. The van der Waals surface area contributed by atoms with Crippen LogP contribution >= 0.6 is 0 Å². The van der Waals surface area contributed by atoms with Gasteiger partial charge in [-0.2, -0.15) is 0 Å². The number of nitro benzene ring substituents is 1. The Morgan fingerprint density at radius 1 is 1.37 bits per heavy atom. The van der Waals surface area contributed by atoms with E-state index >= 15 is 0 Å². The van der Waals surface area contributed by atoms with Crippen molar-refractivity contribution in [3.8, 4) is 5.75 Å². The van der Waals surface area contributed by atoms with Crippen LogP contribution in [0.1, 0.15) is 12.8 Å². The molecule has 0 N–H and O–H groups in total. The molecule has 0 amide bonds. The molecular formula is C12H14F2N2O3. The monoisotopic (exact) mass is 272 g/mol. The highest BCUT2D eigenvalue weighted by Crippen LogP contribution is 2.39. The molecule has 0 bridgehead atoms. The predicted molar refractivity (Wildman–Crippen MR) is 66.0 cm³/mol. The highest BCUT2D eigenvalue weighted by atomic mass is 19.3. The maximum absolute atomic E-state index is 13.1. The van der Waals surface area contributed by atoms with E-state index in [2.05, 4.69) is 0 Å². The number of anilines is 1. The zero-order valence-corrected chi connectivity index (χ0v) is 10.4. The second-order valence-corrected chi connectivity index (χ2v) is 4.43. The smallest absolute Gasteiger partial charge is 0.313 e. The van der Waals surface area contributed by atoms with Gasteiger partial charge in [-0.1, -0.05) is 6.07 Å². The predicted octanol–water partition coefficient (Wildman–Crippen LogP) is 2.84. The molecule has 0 aliphatic carbocycles. The molecule has 0 radical (unpaired) electrons. The molecule has 0 spiro atoms. The molecule has 1 aliphatic rings. The molecule has 1 aliphatic heterocycles. The van der Waals surface area contributed by atoms with E-state index in [1.54, 1.807) is 11.0 Å². The van der Waals surface area contributed by atoms with Gasteiger partial charge in [0.2, 0.25) is 5.75 Å². The topological polar surface area (TPSA) is 55.6 Å². The number of hydrogen-bond donors (Lipinski definition) is 0. The molecule has 1 aromatic rings. The van der Waals surface area contributed by atoms with Crippen LogP contribution < -0.4 is 9.64 Å². The highest BCUT2D eigenvalue weighted by molar-refractivity contribution is 5.67. The molecule has 19 heavy (non-hydrogen) atoms. The van der Waals surface area contributed by atoms with Crippen LogP contribution in [0.4, 0.5) is 20.2 Å². The molecule has 0 unspecified atom stereocenters. The molecule has 0 saturated carbocycles. The number of nitro groups is 1. The van der Waals surface area contributed by atoms with Crippen molar-refractivity contribution in [1.29, 1.82) is 0 Å². The van der Waals surface area contributed by atoms with Crippen LogP contribution in [0.15, 0.2) is 18.2 Å². The van der Waals surface area contributed by atoms with Crippen LogP contribution in [0.3, 0.4) is 0 Å². The number of alkyl halides is 2. The number of rotatable bonds is 3. The van der Waals surface area contributed by atoms with E-state index < -0.39 is 10.8 Å². The summed E-state index contributed by atoms with van der Waals surface area (Å²) in [6.07, 6.45) is -0.502. The fourth-order valence-corrected chi connectivity index (χ4v) is 2.19. The first-order valence-corrected chi connectivity index (χ1v) is 5.89. The number of nitrogens with zero attached hydrogens (tertiary/aromatic N) is 2. The second-order valence-electron chi connectivity index (χ2n) is 4.43. The van der Waals surface area contributed by atoms with Crippen LogP contribution in [0.2, 0.25) is 0 Å². The molecule has 1 fully saturated rings. The van der Waals surface area contributed by atoms with Gasteiger partial charge in [0.05, 0.1) is 17.7 Å². The Morgan fingerprint density at radius 3 is 2.53 bits per heavy atom. The van der Waals surface area contributed by atoms with Gasteiger partial charge in [0.1, 0.15) is 0 Å². The summed E-state index contributed by atoms with van der Waals surface area (Å²) in [6.45, 7) is 0.315. The summed E-state index contributed by atoms with van der Waals surface area (Å²) in [4.78, 5) is 12.1. The zero-order chi connectivity index (χ0) is 14.0. The van der Waals surface area contributed by atoms with Gasteiger partial charge in [-0.15, -0.1) is 0 Å². The maximum Gasteiger partial charge on any atom is 0.313 e. The SMILES string of the molecule is COc1c(N2CCC(F)(F)CC2)cccc1[N+](=O)[O-]. The second kappa shape index (κ2) is 4.99. The zero-order valence-electron chi connectivity index (χ0n) is 10.4. The first kappa shape index (κ1) is 13.5. The summed E-state index contributed by atoms with van der Waals surface area (Å²) in [7, 11) is 1.34. The van der Waals surface area contributed by atoms with E-state index in [9.17, 15) is 18.9 Å². The van der Waals surface area contributed by atoms with Crippen molar-refractivity contribution in [1.82, 2.24) is 0 Å². The number of halogens is 2. The standard InChI is InChI=1S/C12H14F2N2O3/c1-19-11-9(3-2-4-10(11)16(17)18)15-7-5-12(13,14)6-8-15/h2-4H,5-8H2,1H3. The Labute approximate surface area is 108 Å². The first-order valence-electron chi connectivity index (χ1n) is 5.89.